The topological polar surface area (TPSA) is 84.9 Å². The number of methoxy groups -OCH3 is 1. The molecule has 152 valence electrons. The molecule has 1 aliphatic heterocycles. The third-order valence-electron chi connectivity index (χ3n) is 4.97. The fourth-order valence-electron chi connectivity index (χ4n) is 3.36. The third-order valence-corrected chi connectivity index (χ3v) is 4.97. The second kappa shape index (κ2) is 9.23. The number of carbonyl (C=O) groups is 3. The van der Waals surface area contributed by atoms with Gasteiger partial charge in [-0.1, -0.05) is 42.5 Å². The van der Waals surface area contributed by atoms with Crippen molar-refractivity contribution in [2.75, 3.05) is 25.6 Å². The van der Waals surface area contributed by atoms with Crippen molar-refractivity contribution in [2.45, 2.75) is 19.4 Å². The van der Waals surface area contributed by atoms with Gasteiger partial charge in [0, 0.05) is 13.0 Å². The third kappa shape index (κ3) is 4.93. The molecular weight excluding hydrogens is 372 g/mol. The average Bonchev–Trinajstić information content (AvgIpc) is 3.14. The van der Waals surface area contributed by atoms with Gasteiger partial charge in [0.05, 0.1) is 24.8 Å². The number of benzene rings is 2. The minimum absolute atomic E-state index is 0.0874. The molecule has 1 aliphatic rings. The van der Waals surface area contributed by atoms with E-state index in [0.29, 0.717) is 11.4 Å². The van der Waals surface area contributed by atoms with Gasteiger partial charge < -0.3 is 19.7 Å². The van der Waals surface area contributed by atoms with Crippen LogP contribution in [0.3, 0.4) is 0 Å². The number of hydrogen-bond acceptors (Lipinski definition) is 5. The maximum Gasteiger partial charge on any atom is 0.311 e. The lowest BCUT2D eigenvalue weighted by molar-refractivity contribution is -0.151. The summed E-state index contributed by atoms with van der Waals surface area (Å²) in [4.78, 5) is 38.5. The van der Waals surface area contributed by atoms with Crippen LogP contribution in [0, 0.1) is 5.92 Å². The highest BCUT2D eigenvalue weighted by molar-refractivity contribution is 5.94. The first kappa shape index (κ1) is 20.4. The number of nitrogens with one attached hydrogen (secondary N) is 1. The van der Waals surface area contributed by atoms with Gasteiger partial charge >= 0.3 is 5.97 Å². The Balaban J connectivity index is 1.52. The molecule has 29 heavy (non-hydrogen) atoms. The van der Waals surface area contributed by atoms with Crippen molar-refractivity contribution in [2.24, 2.45) is 5.92 Å². The summed E-state index contributed by atoms with van der Waals surface area (Å²) in [5, 5.41) is 2.65. The van der Waals surface area contributed by atoms with Crippen LogP contribution < -0.4 is 10.1 Å². The monoisotopic (exact) mass is 396 g/mol. The molecule has 0 spiro atoms. The minimum atomic E-state index is -0.576. The summed E-state index contributed by atoms with van der Waals surface area (Å²) in [7, 11) is 1.50. The van der Waals surface area contributed by atoms with E-state index in [1.807, 2.05) is 37.3 Å². The molecule has 0 saturated carbocycles. The molecule has 2 aromatic carbocycles. The quantitative estimate of drug-likeness (QED) is 0.728. The highest BCUT2D eigenvalue weighted by Crippen LogP contribution is 2.29. The van der Waals surface area contributed by atoms with Crippen molar-refractivity contribution < 1.29 is 23.9 Å². The average molecular weight is 396 g/mol. The normalized spacial score (nSPS) is 17.0. The lowest BCUT2D eigenvalue weighted by Gasteiger charge is -2.25. The van der Waals surface area contributed by atoms with Gasteiger partial charge in [-0.25, -0.2) is 0 Å². The van der Waals surface area contributed by atoms with Crippen molar-refractivity contribution in [3.63, 3.8) is 0 Å². The van der Waals surface area contributed by atoms with Gasteiger partial charge in [-0.3, -0.25) is 14.4 Å². The second-order valence-electron chi connectivity index (χ2n) is 6.89. The molecule has 7 nitrogen and oxygen atoms in total. The second-order valence-corrected chi connectivity index (χ2v) is 6.89. The molecule has 2 amide bonds. The number of hydrogen-bond donors (Lipinski definition) is 1. The zero-order chi connectivity index (χ0) is 20.8. The number of ether oxygens (including phenoxy) is 2. The highest BCUT2D eigenvalue weighted by atomic mass is 16.5. The number of nitrogens with zero attached hydrogens (tertiary/aromatic N) is 1. The Morgan fingerprint density at radius 1 is 1.14 bits per heavy atom. The first-order valence-corrected chi connectivity index (χ1v) is 9.43. The van der Waals surface area contributed by atoms with Crippen LogP contribution in [0.1, 0.15) is 24.9 Å². The van der Waals surface area contributed by atoms with Gasteiger partial charge in [0.2, 0.25) is 5.91 Å². The Labute approximate surface area is 169 Å². The lowest BCUT2D eigenvalue weighted by Crippen LogP contribution is -2.30. The molecule has 2 aromatic rings. The Bertz CT molecular complexity index is 884. The van der Waals surface area contributed by atoms with Crippen LogP contribution in [0.15, 0.2) is 54.6 Å². The van der Waals surface area contributed by atoms with Gasteiger partial charge in [-0.15, -0.1) is 0 Å². The summed E-state index contributed by atoms with van der Waals surface area (Å²) >= 11 is 0. The first-order chi connectivity index (χ1) is 14.0. The van der Waals surface area contributed by atoms with Crippen molar-refractivity contribution in [1.29, 1.82) is 0 Å². The number of rotatable bonds is 7. The van der Waals surface area contributed by atoms with E-state index < -0.39 is 24.4 Å². The summed E-state index contributed by atoms with van der Waals surface area (Å²) in [6.07, 6.45) is 0.0874. The zero-order valence-corrected chi connectivity index (χ0v) is 16.5. The van der Waals surface area contributed by atoms with Crippen LogP contribution in [-0.4, -0.2) is 42.9 Å². The molecule has 0 aromatic heterocycles. The number of para-hydroxylation sites is 2. The van der Waals surface area contributed by atoms with Crippen molar-refractivity contribution in [1.82, 2.24) is 4.90 Å². The van der Waals surface area contributed by atoms with Crippen LogP contribution in [0.5, 0.6) is 5.75 Å². The van der Waals surface area contributed by atoms with Gasteiger partial charge in [0.25, 0.3) is 5.91 Å². The summed E-state index contributed by atoms with van der Waals surface area (Å²) in [5.74, 6) is -1.17. The molecule has 2 atom stereocenters. The Morgan fingerprint density at radius 2 is 1.83 bits per heavy atom. The van der Waals surface area contributed by atoms with Gasteiger partial charge in [0.1, 0.15) is 5.75 Å². The largest absolute Gasteiger partial charge is 0.495 e. The summed E-state index contributed by atoms with van der Waals surface area (Å²) in [5.41, 5.74) is 1.50. The Kier molecular flexibility index (Phi) is 6.49. The number of likely N-dealkylation sites (tertiary alicyclic amines) is 1. The molecule has 0 radical (unpaired) electrons. The van der Waals surface area contributed by atoms with E-state index in [1.54, 1.807) is 29.2 Å². The van der Waals surface area contributed by atoms with E-state index in [-0.39, 0.29) is 24.9 Å². The van der Waals surface area contributed by atoms with E-state index in [1.165, 1.54) is 7.11 Å². The first-order valence-electron chi connectivity index (χ1n) is 9.43. The predicted octanol–water partition coefficient (Wildman–Crippen LogP) is 2.79. The molecule has 0 aliphatic carbocycles. The van der Waals surface area contributed by atoms with Gasteiger partial charge in [-0.05, 0) is 24.6 Å². The van der Waals surface area contributed by atoms with Crippen LogP contribution in [0.4, 0.5) is 5.69 Å². The van der Waals surface area contributed by atoms with Crippen LogP contribution in [0.2, 0.25) is 0 Å². The van der Waals surface area contributed by atoms with Crippen LogP contribution in [0.25, 0.3) is 0 Å². The van der Waals surface area contributed by atoms with Crippen molar-refractivity contribution in [3.8, 4) is 5.75 Å². The van der Waals surface area contributed by atoms with E-state index in [4.69, 9.17) is 9.47 Å². The van der Waals surface area contributed by atoms with Gasteiger partial charge in [-0.2, -0.15) is 0 Å². The number of anilines is 1. The summed E-state index contributed by atoms with van der Waals surface area (Å²) in [6, 6.07) is 16.5. The number of esters is 1. The Hall–Kier alpha value is -3.35. The maximum absolute atomic E-state index is 12.4. The van der Waals surface area contributed by atoms with Crippen LogP contribution >= 0.6 is 0 Å². The van der Waals surface area contributed by atoms with E-state index in [0.717, 1.165) is 5.56 Å². The van der Waals surface area contributed by atoms with Crippen molar-refractivity contribution >= 4 is 23.5 Å². The lowest BCUT2D eigenvalue weighted by atomic mass is 10.1. The predicted molar refractivity (Wildman–Crippen MR) is 107 cm³/mol. The zero-order valence-electron chi connectivity index (χ0n) is 16.5. The molecule has 0 unspecified atom stereocenters. The summed E-state index contributed by atoms with van der Waals surface area (Å²) in [6.45, 7) is 1.79. The highest BCUT2D eigenvalue weighted by Gasteiger charge is 2.38. The van der Waals surface area contributed by atoms with Gasteiger partial charge in [0.15, 0.2) is 6.61 Å². The minimum Gasteiger partial charge on any atom is -0.495 e. The number of amides is 2. The molecule has 0 bridgehead atoms. The summed E-state index contributed by atoms with van der Waals surface area (Å²) < 4.78 is 10.3. The van der Waals surface area contributed by atoms with E-state index in [2.05, 4.69) is 5.32 Å². The van der Waals surface area contributed by atoms with E-state index in [9.17, 15) is 14.4 Å². The molecule has 7 heteroatoms. The maximum atomic E-state index is 12.4. The standard InChI is InChI=1S/C22H24N2O5/c1-15(16-8-4-3-5-9-16)24-13-17(12-21(24)26)22(27)29-14-20(25)23-18-10-6-7-11-19(18)28-2/h3-11,15,17H,12-14H2,1-2H3,(H,23,25)/t15-,17-/m0/s1. The fourth-order valence-corrected chi connectivity index (χ4v) is 3.36. The molecule has 1 saturated heterocycles. The van der Waals surface area contributed by atoms with E-state index >= 15 is 0 Å². The molecule has 3 rings (SSSR count). The van der Waals surface area contributed by atoms with Crippen LogP contribution in [-0.2, 0) is 19.1 Å². The molecule has 1 fully saturated rings. The fraction of sp³-hybridized carbons (Fsp3) is 0.318. The molecular formula is C22H24N2O5. The smallest absolute Gasteiger partial charge is 0.311 e. The number of carbonyl (C=O) groups excluding carboxylic acids is 3. The van der Waals surface area contributed by atoms with Crippen molar-refractivity contribution in [3.05, 3.63) is 60.2 Å². The SMILES string of the molecule is COc1ccccc1NC(=O)COC(=O)[C@H]1CC(=O)N([C@@H](C)c2ccccc2)C1. The molecule has 1 N–H and O–H groups in total. The molecule has 1 heterocycles. The Morgan fingerprint density at radius 3 is 2.55 bits per heavy atom.